The Morgan fingerprint density at radius 1 is 1.53 bits per heavy atom. The van der Waals surface area contributed by atoms with Gasteiger partial charge < -0.3 is 21.5 Å². The van der Waals surface area contributed by atoms with Gasteiger partial charge in [0.25, 0.3) is 0 Å². The normalized spacial score (nSPS) is 11.9. The highest BCUT2D eigenvalue weighted by Gasteiger charge is 2.12. The van der Waals surface area contributed by atoms with Crippen LogP contribution in [0.5, 0.6) is 5.75 Å². The van der Waals surface area contributed by atoms with Crippen LogP contribution < -0.4 is 21.5 Å². The highest BCUT2D eigenvalue weighted by atomic mass is 16.5. The number of carbonyl (C=O) groups excluding carboxylic acids is 1. The number of carbonyl (C=O) groups is 1. The molecule has 0 saturated heterocycles. The third-order valence-electron chi connectivity index (χ3n) is 2.43. The first-order valence-corrected chi connectivity index (χ1v) is 5.58. The fourth-order valence-corrected chi connectivity index (χ4v) is 1.49. The molecule has 5 N–H and O–H groups in total. The van der Waals surface area contributed by atoms with Crippen molar-refractivity contribution in [3.8, 4) is 5.75 Å². The fourth-order valence-electron chi connectivity index (χ4n) is 1.49. The van der Waals surface area contributed by atoms with E-state index in [0.29, 0.717) is 23.5 Å². The molecule has 94 valence electrons. The molecule has 0 aliphatic heterocycles. The zero-order chi connectivity index (χ0) is 12.8. The average molecular weight is 237 g/mol. The van der Waals surface area contributed by atoms with Gasteiger partial charge in [-0.05, 0) is 24.6 Å². The van der Waals surface area contributed by atoms with Gasteiger partial charge in [-0.3, -0.25) is 4.79 Å². The maximum atomic E-state index is 11.7. The van der Waals surface area contributed by atoms with Gasteiger partial charge in [-0.15, -0.1) is 0 Å². The minimum Gasteiger partial charge on any atom is -0.495 e. The first kappa shape index (κ1) is 13.3. The summed E-state index contributed by atoms with van der Waals surface area (Å²) in [4.78, 5) is 11.7. The molecule has 0 aliphatic carbocycles. The number of hydrogen-bond acceptors (Lipinski definition) is 4. The summed E-state index contributed by atoms with van der Waals surface area (Å²) < 4.78 is 5.03. The van der Waals surface area contributed by atoms with Crippen LogP contribution in [0, 0.1) is 0 Å². The standard InChI is InChI=1S/C12H19N3O2/c1-3-4-9(13)12(16)15-8-5-6-11(17-2)10(14)7-8/h5-7,9H,3-4,13-14H2,1-2H3,(H,15,16). The number of methoxy groups -OCH3 is 1. The van der Waals surface area contributed by atoms with Gasteiger partial charge in [-0.2, -0.15) is 0 Å². The zero-order valence-electron chi connectivity index (χ0n) is 10.2. The number of benzene rings is 1. The molecule has 0 radical (unpaired) electrons. The second-order valence-electron chi connectivity index (χ2n) is 3.84. The van der Waals surface area contributed by atoms with Crippen LogP contribution in [0.15, 0.2) is 18.2 Å². The van der Waals surface area contributed by atoms with E-state index in [0.717, 1.165) is 6.42 Å². The van der Waals surface area contributed by atoms with Crippen LogP contribution in [-0.2, 0) is 4.79 Å². The number of nitrogens with two attached hydrogens (primary N) is 2. The summed E-state index contributed by atoms with van der Waals surface area (Å²) in [6, 6.07) is 4.60. The van der Waals surface area contributed by atoms with Crippen molar-refractivity contribution in [3.63, 3.8) is 0 Å². The van der Waals surface area contributed by atoms with Crippen molar-refractivity contribution in [2.24, 2.45) is 5.73 Å². The molecule has 1 rings (SSSR count). The monoisotopic (exact) mass is 237 g/mol. The lowest BCUT2D eigenvalue weighted by Crippen LogP contribution is -2.35. The molecule has 17 heavy (non-hydrogen) atoms. The van der Waals surface area contributed by atoms with E-state index in [1.165, 1.54) is 0 Å². The summed E-state index contributed by atoms with van der Waals surface area (Å²) >= 11 is 0. The Hall–Kier alpha value is -1.75. The molecule has 1 aromatic rings. The van der Waals surface area contributed by atoms with Gasteiger partial charge >= 0.3 is 0 Å². The summed E-state index contributed by atoms with van der Waals surface area (Å²) in [6.45, 7) is 1.98. The number of rotatable bonds is 5. The zero-order valence-corrected chi connectivity index (χ0v) is 10.2. The molecule has 0 aromatic heterocycles. The predicted octanol–water partition coefficient (Wildman–Crippen LogP) is 1.34. The van der Waals surface area contributed by atoms with Gasteiger partial charge in [0, 0.05) is 5.69 Å². The van der Waals surface area contributed by atoms with E-state index in [1.54, 1.807) is 25.3 Å². The molecule has 0 aliphatic rings. The van der Waals surface area contributed by atoms with Crippen LogP contribution in [0.3, 0.4) is 0 Å². The van der Waals surface area contributed by atoms with Crippen molar-refractivity contribution in [2.75, 3.05) is 18.2 Å². The number of ether oxygens (including phenoxy) is 1. The molecule has 0 bridgehead atoms. The molecule has 1 aromatic carbocycles. The van der Waals surface area contributed by atoms with E-state index in [4.69, 9.17) is 16.2 Å². The lowest BCUT2D eigenvalue weighted by Gasteiger charge is -2.12. The smallest absolute Gasteiger partial charge is 0.241 e. The van der Waals surface area contributed by atoms with Gasteiger partial charge in [0.2, 0.25) is 5.91 Å². The van der Waals surface area contributed by atoms with Crippen molar-refractivity contribution in [1.82, 2.24) is 0 Å². The largest absolute Gasteiger partial charge is 0.495 e. The van der Waals surface area contributed by atoms with Gasteiger partial charge in [-0.1, -0.05) is 13.3 Å². The fraction of sp³-hybridized carbons (Fsp3) is 0.417. The summed E-state index contributed by atoms with van der Waals surface area (Å²) in [6.07, 6.45) is 1.54. The summed E-state index contributed by atoms with van der Waals surface area (Å²) in [7, 11) is 1.54. The quantitative estimate of drug-likeness (QED) is 0.674. The molecule has 0 saturated carbocycles. The molecule has 1 amide bonds. The summed E-state index contributed by atoms with van der Waals surface area (Å²) in [5.74, 6) is 0.386. The number of anilines is 2. The van der Waals surface area contributed by atoms with Crippen LogP contribution in [0.25, 0.3) is 0 Å². The topological polar surface area (TPSA) is 90.4 Å². The number of nitrogen functional groups attached to an aromatic ring is 1. The SMILES string of the molecule is CCCC(N)C(=O)Nc1ccc(OC)c(N)c1. The minimum absolute atomic E-state index is 0.198. The van der Waals surface area contributed by atoms with Crippen LogP contribution in [-0.4, -0.2) is 19.1 Å². The van der Waals surface area contributed by atoms with Crippen LogP contribution >= 0.6 is 0 Å². The molecule has 5 heteroatoms. The summed E-state index contributed by atoms with van der Waals surface area (Å²) in [5.41, 5.74) is 12.5. The van der Waals surface area contributed by atoms with Gasteiger partial charge in [0.15, 0.2) is 0 Å². The predicted molar refractivity (Wildman–Crippen MR) is 68.9 cm³/mol. The maximum absolute atomic E-state index is 11.7. The first-order valence-electron chi connectivity index (χ1n) is 5.58. The Bertz CT molecular complexity index is 393. The summed E-state index contributed by atoms with van der Waals surface area (Å²) in [5, 5.41) is 2.72. The van der Waals surface area contributed by atoms with Crippen LogP contribution in [0.1, 0.15) is 19.8 Å². The Morgan fingerprint density at radius 3 is 2.76 bits per heavy atom. The van der Waals surface area contributed by atoms with Crippen LogP contribution in [0.2, 0.25) is 0 Å². The highest BCUT2D eigenvalue weighted by molar-refractivity contribution is 5.95. The molecule has 1 unspecified atom stereocenters. The van der Waals surface area contributed by atoms with E-state index in [2.05, 4.69) is 5.32 Å². The first-order chi connectivity index (χ1) is 8.08. The minimum atomic E-state index is -0.483. The highest BCUT2D eigenvalue weighted by Crippen LogP contribution is 2.24. The Balaban J connectivity index is 2.69. The van der Waals surface area contributed by atoms with Crippen molar-refractivity contribution < 1.29 is 9.53 Å². The number of hydrogen-bond donors (Lipinski definition) is 3. The molecule has 1 atom stereocenters. The van der Waals surface area contributed by atoms with E-state index in [9.17, 15) is 4.79 Å². The Kier molecular flexibility index (Phi) is 4.78. The number of nitrogens with one attached hydrogen (secondary N) is 1. The van der Waals surface area contributed by atoms with E-state index < -0.39 is 6.04 Å². The molecule has 0 spiro atoms. The Morgan fingerprint density at radius 2 is 2.24 bits per heavy atom. The molecule has 0 fully saturated rings. The molecular weight excluding hydrogens is 218 g/mol. The van der Waals surface area contributed by atoms with Gasteiger partial charge in [0.1, 0.15) is 5.75 Å². The van der Waals surface area contributed by atoms with Crippen molar-refractivity contribution in [1.29, 1.82) is 0 Å². The van der Waals surface area contributed by atoms with Crippen molar-refractivity contribution >= 4 is 17.3 Å². The third-order valence-corrected chi connectivity index (χ3v) is 2.43. The second kappa shape index (κ2) is 6.10. The lowest BCUT2D eigenvalue weighted by molar-refractivity contribution is -0.117. The van der Waals surface area contributed by atoms with E-state index in [-0.39, 0.29) is 5.91 Å². The maximum Gasteiger partial charge on any atom is 0.241 e. The molecule has 0 heterocycles. The molecule has 5 nitrogen and oxygen atoms in total. The second-order valence-corrected chi connectivity index (χ2v) is 3.84. The average Bonchev–Trinajstić information content (AvgIpc) is 2.29. The van der Waals surface area contributed by atoms with Gasteiger partial charge in [0.05, 0.1) is 18.8 Å². The van der Waals surface area contributed by atoms with Crippen molar-refractivity contribution in [2.45, 2.75) is 25.8 Å². The Labute approximate surface area is 101 Å². The van der Waals surface area contributed by atoms with Gasteiger partial charge in [-0.25, -0.2) is 0 Å². The van der Waals surface area contributed by atoms with Crippen LogP contribution in [0.4, 0.5) is 11.4 Å². The van der Waals surface area contributed by atoms with Crippen molar-refractivity contribution in [3.05, 3.63) is 18.2 Å². The van der Waals surface area contributed by atoms with E-state index in [1.807, 2.05) is 6.92 Å². The third kappa shape index (κ3) is 3.64. The molecular formula is C12H19N3O2. The van der Waals surface area contributed by atoms with E-state index >= 15 is 0 Å². The lowest BCUT2D eigenvalue weighted by atomic mass is 10.1. The number of amides is 1.